The van der Waals surface area contributed by atoms with Gasteiger partial charge >= 0.3 is 0 Å². The molecule has 0 atom stereocenters. The van der Waals surface area contributed by atoms with E-state index in [0.29, 0.717) is 32.0 Å². The maximum Gasteiger partial charge on any atom is 0.269 e. The summed E-state index contributed by atoms with van der Waals surface area (Å²) in [6, 6.07) is 7.98. The average molecular weight is 258 g/mol. The molecule has 2 aliphatic heterocycles. The molecule has 1 saturated heterocycles. The SMILES string of the molecule is CC1(C)C(C(=O)N2CCOCC2)=Nc2ccccc21. The standard InChI is InChI=1S/C15H18N2O2/c1-15(2)11-5-3-4-6-12(11)16-13(15)14(18)17-7-9-19-10-8-17/h3-6H,7-10H2,1-2H3. The van der Waals surface area contributed by atoms with Crippen molar-refractivity contribution in [3.63, 3.8) is 0 Å². The number of fused-ring (bicyclic) bond motifs is 1. The van der Waals surface area contributed by atoms with Crippen molar-refractivity contribution in [2.75, 3.05) is 26.3 Å². The lowest BCUT2D eigenvalue weighted by atomic mass is 9.81. The van der Waals surface area contributed by atoms with Gasteiger partial charge in [-0.3, -0.25) is 4.79 Å². The van der Waals surface area contributed by atoms with Crippen LogP contribution in [0.3, 0.4) is 0 Å². The zero-order chi connectivity index (χ0) is 13.5. The number of ether oxygens (including phenoxy) is 1. The van der Waals surface area contributed by atoms with Crippen molar-refractivity contribution in [3.05, 3.63) is 29.8 Å². The molecule has 0 N–H and O–H groups in total. The predicted octanol–water partition coefficient (Wildman–Crippen LogP) is 1.91. The van der Waals surface area contributed by atoms with E-state index in [4.69, 9.17) is 4.74 Å². The van der Waals surface area contributed by atoms with Crippen LogP contribution in [0.1, 0.15) is 19.4 Å². The van der Waals surface area contributed by atoms with Crippen molar-refractivity contribution >= 4 is 17.3 Å². The number of rotatable bonds is 1. The highest BCUT2D eigenvalue weighted by Crippen LogP contribution is 2.40. The molecular formula is C15H18N2O2. The smallest absolute Gasteiger partial charge is 0.269 e. The highest BCUT2D eigenvalue weighted by atomic mass is 16.5. The number of aliphatic imine (C=N–C) groups is 1. The largest absolute Gasteiger partial charge is 0.378 e. The maximum atomic E-state index is 12.6. The van der Waals surface area contributed by atoms with Gasteiger partial charge in [-0.15, -0.1) is 0 Å². The van der Waals surface area contributed by atoms with E-state index in [1.807, 2.05) is 23.1 Å². The van der Waals surface area contributed by atoms with E-state index in [-0.39, 0.29) is 11.3 Å². The molecule has 19 heavy (non-hydrogen) atoms. The van der Waals surface area contributed by atoms with Gasteiger partial charge in [0.25, 0.3) is 5.91 Å². The second kappa shape index (κ2) is 4.46. The van der Waals surface area contributed by atoms with Crippen molar-refractivity contribution in [2.24, 2.45) is 4.99 Å². The van der Waals surface area contributed by atoms with Gasteiger partial charge in [0.15, 0.2) is 0 Å². The van der Waals surface area contributed by atoms with Gasteiger partial charge in [0.2, 0.25) is 0 Å². The average Bonchev–Trinajstić information content (AvgIpc) is 2.71. The van der Waals surface area contributed by atoms with Crippen molar-refractivity contribution in [2.45, 2.75) is 19.3 Å². The minimum Gasteiger partial charge on any atom is -0.378 e. The van der Waals surface area contributed by atoms with Crippen molar-refractivity contribution in [1.82, 2.24) is 4.90 Å². The molecule has 0 radical (unpaired) electrons. The van der Waals surface area contributed by atoms with Gasteiger partial charge in [-0.2, -0.15) is 0 Å². The number of hydrogen-bond acceptors (Lipinski definition) is 3. The molecule has 0 aliphatic carbocycles. The van der Waals surface area contributed by atoms with Crippen molar-refractivity contribution < 1.29 is 9.53 Å². The van der Waals surface area contributed by atoms with E-state index < -0.39 is 0 Å². The molecule has 4 heteroatoms. The van der Waals surface area contributed by atoms with Gasteiger partial charge in [0.05, 0.1) is 18.9 Å². The number of hydrogen-bond donors (Lipinski definition) is 0. The first-order valence-electron chi connectivity index (χ1n) is 6.66. The molecule has 0 aromatic heterocycles. The summed E-state index contributed by atoms with van der Waals surface area (Å²) in [5, 5.41) is 0. The van der Waals surface area contributed by atoms with Crippen LogP contribution in [0.15, 0.2) is 29.3 Å². The summed E-state index contributed by atoms with van der Waals surface area (Å²) in [6.45, 7) is 6.68. The zero-order valence-corrected chi connectivity index (χ0v) is 11.3. The fraction of sp³-hybridized carbons (Fsp3) is 0.467. The molecule has 0 spiro atoms. The van der Waals surface area contributed by atoms with Crippen molar-refractivity contribution in [1.29, 1.82) is 0 Å². The van der Waals surface area contributed by atoms with Crippen LogP contribution in [0.4, 0.5) is 5.69 Å². The topological polar surface area (TPSA) is 41.9 Å². The molecular weight excluding hydrogens is 240 g/mol. The second-order valence-corrected chi connectivity index (χ2v) is 5.51. The first-order valence-corrected chi connectivity index (χ1v) is 6.66. The summed E-state index contributed by atoms with van der Waals surface area (Å²) < 4.78 is 5.29. The van der Waals surface area contributed by atoms with Crippen LogP contribution in [0.25, 0.3) is 0 Å². The lowest BCUT2D eigenvalue weighted by Gasteiger charge is -2.30. The Morgan fingerprint density at radius 3 is 2.63 bits per heavy atom. The number of benzene rings is 1. The lowest BCUT2D eigenvalue weighted by molar-refractivity contribution is -0.128. The Hall–Kier alpha value is -1.68. The summed E-state index contributed by atoms with van der Waals surface area (Å²) in [6.07, 6.45) is 0. The lowest BCUT2D eigenvalue weighted by Crippen LogP contribution is -2.47. The molecule has 100 valence electrons. The van der Waals surface area contributed by atoms with Crippen LogP contribution in [0, 0.1) is 0 Å². The molecule has 2 heterocycles. The molecule has 1 amide bonds. The third-order valence-corrected chi connectivity index (χ3v) is 3.90. The molecule has 4 nitrogen and oxygen atoms in total. The van der Waals surface area contributed by atoms with E-state index in [1.54, 1.807) is 0 Å². The van der Waals surface area contributed by atoms with Crippen LogP contribution in [-0.2, 0) is 14.9 Å². The molecule has 1 fully saturated rings. The summed E-state index contributed by atoms with van der Waals surface area (Å²) in [5.74, 6) is 0.0458. The Kier molecular flexibility index (Phi) is 2.90. The van der Waals surface area contributed by atoms with Gasteiger partial charge in [0, 0.05) is 18.5 Å². The van der Waals surface area contributed by atoms with Crippen LogP contribution < -0.4 is 0 Å². The first kappa shape index (κ1) is 12.4. The van der Waals surface area contributed by atoms with Gasteiger partial charge in [-0.25, -0.2) is 4.99 Å². The predicted molar refractivity (Wildman–Crippen MR) is 74.0 cm³/mol. The van der Waals surface area contributed by atoms with Gasteiger partial charge in [-0.05, 0) is 25.5 Å². The molecule has 0 bridgehead atoms. The van der Waals surface area contributed by atoms with Crippen LogP contribution in [-0.4, -0.2) is 42.8 Å². The number of carbonyl (C=O) groups is 1. The third-order valence-electron chi connectivity index (χ3n) is 3.90. The summed E-state index contributed by atoms with van der Waals surface area (Å²) in [5.41, 5.74) is 2.39. The Morgan fingerprint density at radius 2 is 1.95 bits per heavy atom. The normalized spacial score (nSPS) is 20.9. The monoisotopic (exact) mass is 258 g/mol. The van der Waals surface area contributed by atoms with Gasteiger partial charge in [0.1, 0.15) is 5.71 Å². The second-order valence-electron chi connectivity index (χ2n) is 5.51. The molecule has 2 aliphatic rings. The third kappa shape index (κ3) is 1.96. The Bertz CT molecular complexity index is 543. The number of amides is 1. The molecule has 1 aromatic carbocycles. The Labute approximate surface area is 113 Å². The molecule has 1 aromatic rings. The van der Waals surface area contributed by atoms with Crippen LogP contribution >= 0.6 is 0 Å². The number of carbonyl (C=O) groups excluding carboxylic acids is 1. The van der Waals surface area contributed by atoms with E-state index in [0.717, 1.165) is 11.3 Å². The van der Waals surface area contributed by atoms with E-state index >= 15 is 0 Å². The van der Waals surface area contributed by atoms with E-state index in [9.17, 15) is 4.79 Å². The number of morpholine rings is 1. The zero-order valence-electron chi connectivity index (χ0n) is 11.3. The Morgan fingerprint density at radius 1 is 1.26 bits per heavy atom. The molecule has 3 rings (SSSR count). The highest BCUT2D eigenvalue weighted by molar-refractivity contribution is 6.43. The minimum absolute atomic E-state index is 0.0458. The van der Waals surface area contributed by atoms with Crippen molar-refractivity contribution in [3.8, 4) is 0 Å². The fourth-order valence-electron chi connectivity index (χ4n) is 2.72. The van der Waals surface area contributed by atoms with Gasteiger partial charge < -0.3 is 9.64 Å². The highest BCUT2D eigenvalue weighted by Gasteiger charge is 2.40. The summed E-state index contributed by atoms with van der Waals surface area (Å²) in [4.78, 5) is 19.0. The van der Waals surface area contributed by atoms with Gasteiger partial charge in [-0.1, -0.05) is 18.2 Å². The summed E-state index contributed by atoms with van der Waals surface area (Å²) in [7, 11) is 0. The maximum absolute atomic E-state index is 12.6. The van der Waals surface area contributed by atoms with E-state index in [1.165, 1.54) is 0 Å². The fourth-order valence-corrected chi connectivity index (χ4v) is 2.72. The summed E-state index contributed by atoms with van der Waals surface area (Å²) >= 11 is 0. The quantitative estimate of drug-likeness (QED) is 0.772. The number of nitrogens with zero attached hydrogens (tertiary/aromatic N) is 2. The molecule has 0 saturated carbocycles. The number of para-hydroxylation sites is 1. The first-order chi connectivity index (χ1) is 9.10. The molecule has 0 unspecified atom stereocenters. The Balaban J connectivity index is 1.92. The van der Waals surface area contributed by atoms with Crippen LogP contribution in [0.2, 0.25) is 0 Å². The minimum atomic E-state index is -0.314. The van der Waals surface area contributed by atoms with Crippen LogP contribution in [0.5, 0.6) is 0 Å². The van der Waals surface area contributed by atoms with E-state index in [2.05, 4.69) is 24.9 Å².